The number of nitrogen functional groups attached to an aromatic ring is 1. The lowest BCUT2D eigenvalue weighted by Gasteiger charge is -2.19. The van der Waals surface area contributed by atoms with Gasteiger partial charge >= 0.3 is 0 Å². The maximum absolute atomic E-state index is 10.7. The second kappa shape index (κ2) is 10.1. The van der Waals surface area contributed by atoms with Gasteiger partial charge in [-0.25, -0.2) is 15.0 Å². The maximum Gasteiger partial charge on any atom is 0.208 e. The van der Waals surface area contributed by atoms with E-state index in [1.54, 1.807) is 0 Å². The molecule has 0 bridgehead atoms. The van der Waals surface area contributed by atoms with Gasteiger partial charge in [-0.1, -0.05) is 49.6 Å². The quantitative estimate of drug-likeness (QED) is 0.263. The van der Waals surface area contributed by atoms with Crippen LogP contribution in [0.2, 0.25) is 0 Å². The van der Waals surface area contributed by atoms with E-state index in [0.717, 1.165) is 24.8 Å². The number of aliphatic hydroxyl groups excluding tert-OH is 3. The highest BCUT2D eigenvalue weighted by Crippen LogP contribution is 2.35. The van der Waals surface area contributed by atoms with Crippen LogP contribution in [-0.2, 0) is 11.3 Å². The molecule has 1 aliphatic rings. The van der Waals surface area contributed by atoms with Gasteiger partial charge in [0.2, 0.25) is 11.8 Å². The molecule has 1 fully saturated rings. The fourth-order valence-corrected chi connectivity index (χ4v) is 3.69. The lowest BCUT2D eigenvalue weighted by atomic mass is 10.1. The van der Waals surface area contributed by atoms with Crippen molar-refractivity contribution in [3.05, 3.63) is 41.7 Å². The van der Waals surface area contributed by atoms with Crippen LogP contribution in [-0.4, -0.2) is 59.8 Å². The number of aliphatic hydroxyl groups is 3. The minimum atomic E-state index is -1.31. The number of rotatable bonds is 7. The lowest BCUT2D eigenvalue weighted by Crippen LogP contribution is -2.33. The van der Waals surface area contributed by atoms with Crippen molar-refractivity contribution in [1.29, 1.82) is 0 Å². The fraction of sp³-hybridized carbons (Fsp3) is 0.435. The summed E-state index contributed by atoms with van der Waals surface area (Å²) in [6, 6.07) is 9.71. The summed E-state index contributed by atoms with van der Waals surface area (Å²) in [7, 11) is 0. The van der Waals surface area contributed by atoms with Gasteiger partial charge in [0, 0.05) is 13.0 Å². The molecule has 0 unspecified atom stereocenters. The molecule has 0 radical (unpaired) electrons. The molecule has 10 nitrogen and oxygen atoms in total. The molecule has 3 heterocycles. The fourth-order valence-electron chi connectivity index (χ4n) is 3.69. The molecule has 174 valence electrons. The Morgan fingerprint density at radius 3 is 2.64 bits per heavy atom. The molecule has 4 rings (SSSR count). The smallest absolute Gasteiger partial charge is 0.208 e. The molecule has 1 saturated heterocycles. The highest BCUT2D eigenvalue weighted by molar-refractivity contribution is 5.84. The molecule has 3 aromatic rings. The van der Waals surface area contributed by atoms with Crippen molar-refractivity contribution in [2.24, 2.45) is 0 Å². The summed E-state index contributed by atoms with van der Waals surface area (Å²) in [5.74, 6) is 6.69. The van der Waals surface area contributed by atoms with Crippen LogP contribution >= 0.6 is 0 Å². The molecule has 6 N–H and O–H groups in total. The van der Waals surface area contributed by atoms with E-state index in [1.165, 1.54) is 4.57 Å². The van der Waals surface area contributed by atoms with Gasteiger partial charge in [-0.15, -0.1) is 0 Å². The van der Waals surface area contributed by atoms with Crippen molar-refractivity contribution >= 4 is 22.9 Å². The van der Waals surface area contributed by atoms with Crippen molar-refractivity contribution in [3.8, 4) is 11.8 Å². The van der Waals surface area contributed by atoms with Gasteiger partial charge in [-0.2, -0.15) is 0 Å². The topological polar surface area (TPSA) is 152 Å². The normalized spacial score (nSPS) is 22.3. The minimum Gasteiger partial charge on any atom is -0.394 e. The molecular formula is C23H28N6O4. The van der Waals surface area contributed by atoms with Crippen molar-refractivity contribution in [3.63, 3.8) is 0 Å². The number of aromatic nitrogens is 4. The molecule has 4 atom stereocenters. The molecule has 10 heteroatoms. The number of benzene rings is 1. The Balaban J connectivity index is 1.77. The van der Waals surface area contributed by atoms with Crippen molar-refractivity contribution in [2.45, 2.75) is 57.3 Å². The Bertz CT molecular complexity index is 1160. The Morgan fingerprint density at radius 1 is 1.15 bits per heavy atom. The Labute approximate surface area is 191 Å². The molecule has 1 aliphatic heterocycles. The van der Waals surface area contributed by atoms with Crippen LogP contribution in [0.3, 0.4) is 0 Å². The second-order valence-electron chi connectivity index (χ2n) is 7.88. The number of unbranched alkanes of at least 4 members (excludes halogenated alkanes) is 2. The lowest BCUT2D eigenvalue weighted by molar-refractivity contribution is -0.0501. The predicted octanol–water partition coefficient (Wildman–Crippen LogP) is 1.17. The monoisotopic (exact) mass is 452 g/mol. The zero-order valence-corrected chi connectivity index (χ0v) is 18.3. The average Bonchev–Trinajstić information content (AvgIpc) is 3.33. The van der Waals surface area contributed by atoms with Crippen LogP contribution in [0.25, 0.3) is 11.2 Å². The van der Waals surface area contributed by atoms with Gasteiger partial charge < -0.3 is 31.1 Å². The molecule has 33 heavy (non-hydrogen) atoms. The van der Waals surface area contributed by atoms with Gasteiger partial charge in [0.05, 0.1) is 6.61 Å². The predicted molar refractivity (Wildman–Crippen MR) is 123 cm³/mol. The van der Waals surface area contributed by atoms with Gasteiger partial charge in [-0.3, -0.25) is 4.57 Å². The number of nitrogens with zero attached hydrogens (tertiary/aromatic N) is 4. The molecule has 2 aromatic heterocycles. The zero-order chi connectivity index (χ0) is 23.4. The Kier molecular flexibility index (Phi) is 7.05. The van der Waals surface area contributed by atoms with E-state index in [-0.39, 0.29) is 11.6 Å². The van der Waals surface area contributed by atoms with E-state index in [4.69, 9.17) is 10.5 Å². The van der Waals surface area contributed by atoms with E-state index in [2.05, 4.69) is 39.0 Å². The first-order valence-corrected chi connectivity index (χ1v) is 11.0. The molecule has 0 spiro atoms. The first kappa shape index (κ1) is 22.9. The van der Waals surface area contributed by atoms with E-state index in [1.807, 2.05) is 30.3 Å². The number of imidazole rings is 1. The summed E-state index contributed by atoms with van der Waals surface area (Å²) < 4.78 is 7.31. The van der Waals surface area contributed by atoms with Gasteiger partial charge in [0.15, 0.2) is 23.2 Å². The Hall–Kier alpha value is -3.23. The Morgan fingerprint density at radius 2 is 1.94 bits per heavy atom. The number of fused-ring (bicyclic) bond motifs is 1. The van der Waals surface area contributed by atoms with Crippen LogP contribution in [0.1, 0.15) is 43.8 Å². The molecule has 0 amide bonds. The van der Waals surface area contributed by atoms with Gasteiger partial charge in [0.1, 0.15) is 18.3 Å². The highest BCUT2D eigenvalue weighted by atomic mass is 16.6. The number of hydrogen-bond acceptors (Lipinski definition) is 9. The van der Waals surface area contributed by atoms with Crippen LogP contribution in [0.15, 0.2) is 30.3 Å². The van der Waals surface area contributed by atoms with Crippen LogP contribution in [0, 0.1) is 11.8 Å². The van der Waals surface area contributed by atoms with Crippen LogP contribution < -0.4 is 11.1 Å². The number of hydrogen-bond donors (Lipinski definition) is 5. The van der Waals surface area contributed by atoms with Crippen molar-refractivity contribution in [2.75, 3.05) is 17.7 Å². The van der Waals surface area contributed by atoms with Gasteiger partial charge in [-0.05, 0) is 17.9 Å². The van der Waals surface area contributed by atoms with Crippen molar-refractivity contribution in [1.82, 2.24) is 19.5 Å². The van der Waals surface area contributed by atoms with Crippen LogP contribution in [0.4, 0.5) is 11.8 Å². The highest BCUT2D eigenvalue weighted by Gasteiger charge is 2.45. The number of nitrogens with two attached hydrogens (primary N) is 1. The summed E-state index contributed by atoms with van der Waals surface area (Å²) in [5.41, 5.74) is 7.82. The van der Waals surface area contributed by atoms with Crippen molar-refractivity contribution < 1.29 is 20.1 Å². The molecule has 0 aliphatic carbocycles. The summed E-state index contributed by atoms with van der Waals surface area (Å²) in [5, 5.41) is 33.7. The number of anilines is 2. The third-order valence-corrected chi connectivity index (χ3v) is 5.49. The number of ether oxygens (including phenoxy) is 1. The standard InChI is InChI=1S/C23H28N6O4/c1-2-3-4-8-11-16-26-20(24)17-21(27-16)29(22-19(32)18(31)15(13-30)33-22)23(28-17)25-12-14-9-6-5-7-10-14/h5-7,9-10,15,18-19,22,30-32H,2-4,12-13H2,1H3,(H,25,28)(H2,24,26,27)/t15-,18-,19-,22-/m1/s1. The third kappa shape index (κ3) is 4.77. The average molecular weight is 453 g/mol. The second-order valence-corrected chi connectivity index (χ2v) is 7.88. The SMILES string of the molecule is CCCCC#Cc1nc(N)c2nc(NCc3ccccc3)n([C@@H]3O[C@H](CO)[C@@H](O)[C@H]3O)c2n1. The third-order valence-electron chi connectivity index (χ3n) is 5.49. The first-order valence-electron chi connectivity index (χ1n) is 11.0. The van der Waals surface area contributed by atoms with E-state index >= 15 is 0 Å². The molecule has 1 aromatic carbocycles. The first-order chi connectivity index (χ1) is 16.0. The number of nitrogens with one attached hydrogen (secondary N) is 1. The van der Waals surface area contributed by atoms with E-state index < -0.39 is 31.1 Å². The van der Waals surface area contributed by atoms with E-state index in [0.29, 0.717) is 23.7 Å². The summed E-state index contributed by atoms with van der Waals surface area (Å²) >= 11 is 0. The van der Waals surface area contributed by atoms with Gasteiger partial charge in [0.25, 0.3) is 0 Å². The minimum absolute atomic E-state index is 0.146. The summed E-state index contributed by atoms with van der Waals surface area (Å²) in [4.78, 5) is 13.3. The summed E-state index contributed by atoms with van der Waals surface area (Å²) in [6.07, 6.45) is -1.86. The summed E-state index contributed by atoms with van der Waals surface area (Å²) in [6.45, 7) is 2.08. The van der Waals surface area contributed by atoms with Crippen LogP contribution in [0.5, 0.6) is 0 Å². The zero-order valence-electron chi connectivity index (χ0n) is 18.3. The molecular weight excluding hydrogens is 424 g/mol. The largest absolute Gasteiger partial charge is 0.394 e. The maximum atomic E-state index is 10.7. The molecule has 0 saturated carbocycles. The van der Waals surface area contributed by atoms with E-state index in [9.17, 15) is 15.3 Å².